The van der Waals surface area contributed by atoms with Crippen molar-refractivity contribution in [2.24, 2.45) is 0 Å². The number of carbonyl (C=O) groups is 1. The Bertz CT molecular complexity index is 1200. The number of aromatic nitrogens is 2. The minimum absolute atomic E-state index is 0. The highest BCUT2D eigenvalue weighted by molar-refractivity contribution is 5.91. The van der Waals surface area contributed by atoms with Gasteiger partial charge in [0.15, 0.2) is 23.0 Å². The van der Waals surface area contributed by atoms with Crippen molar-refractivity contribution in [1.29, 1.82) is 0 Å². The summed E-state index contributed by atoms with van der Waals surface area (Å²) in [6.07, 6.45) is -0.651. The lowest BCUT2D eigenvalue weighted by Crippen LogP contribution is -2.54. The number of amides is 1. The molecule has 0 aliphatic carbocycles. The zero-order valence-electron chi connectivity index (χ0n) is 18.9. The Kier molecular flexibility index (Phi) is 6.69. The van der Waals surface area contributed by atoms with E-state index in [4.69, 9.17) is 24.7 Å². The number of ether oxygens (including phenoxy) is 4. The maximum absolute atomic E-state index is 13.0. The minimum Gasteiger partial charge on any atom is -0.493 e. The van der Waals surface area contributed by atoms with Crippen LogP contribution < -0.4 is 29.6 Å². The summed E-state index contributed by atoms with van der Waals surface area (Å²) in [6, 6.07) is 10.9. The van der Waals surface area contributed by atoms with E-state index in [1.165, 1.54) is 0 Å². The topological polar surface area (TPSA) is 112 Å². The van der Waals surface area contributed by atoms with Crippen LogP contribution >= 0.6 is 12.4 Å². The molecule has 2 aliphatic heterocycles. The van der Waals surface area contributed by atoms with Gasteiger partial charge in [-0.25, -0.2) is 4.98 Å². The zero-order valence-corrected chi connectivity index (χ0v) is 19.7. The van der Waals surface area contributed by atoms with E-state index in [0.717, 1.165) is 0 Å². The molecule has 11 heteroatoms. The van der Waals surface area contributed by atoms with Gasteiger partial charge >= 0.3 is 0 Å². The molecule has 0 saturated carbocycles. The fourth-order valence-corrected chi connectivity index (χ4v) is 4.08. The van der Waals surface area contributed by atoms with Crippen LogP contribution in [0.2, 0.25) is 0 Å². The summed E-state index contributed by atoms with van der Waals surface area (Å²) in [6.45, 7) is 2.40. The number of halogens is 1. The number of rotatable bonds is 4. The number of methoxy groups -OCH3 is 2. The van der Waals surface area contributed by atoms with Gasteiger partial charge in [-0.1, -0.05) is 12.1 Å². The molecule has 1 fully saturated rings. The van der Waals surface area contributed by atoms with Gasteiger partial charge in [0.25, 0.3) is 5.91 Å². The molecule has 0 unspecified atom stereocenters. The van der Waals surface area contributed by atoms with E-state index in [9.17, 15) is 4.79 Å². The standard InChI is InChI=1S/C23H25N5O5.ClH/c1-30-18-11-14-15(12-19(18)31-2)25-23(26-21(14)24)28-9-7-27(8-10-28)22(29)20-13-32-16-5-3-4-6-17(16)33-20;/h3-6,11-12,20H,7-10,13H2,1-2H3,(H2,24,25,26);1H/t20-;/m0./s1. The van der Waals surface area contributed by atoms with E-state index in [1.807, 2.05) is 23.1 Å². The number of nitrogens with zero attached hydrogens (tertiary/aromatic N) is 4. The van der Waals surface area contributed by atoms with Crippen molar-refractivity contribution in [2.45, 2.75) is 6.10 Å². The fourth-order valence-electron chi connectivity index (χ4n) is 4.08. The molecule has 34 heavy (non-hydrogen) atoms. The second kappa shape index (κ2) is 9.68. The second-order valence-electron chi connectivity index (χ2n) is 7.81. The number of hydrogen-bond acceptors (Lipinski definition) is 9. The van der Waals surface area contributed by atoms with E-state index in [0.29, 0.717) is 71.8 Å². The monoisotopic (exact) mass is 487 g/mol. The Labute approximate surface area is 203 Å². The van der Waals surface area contributed by atoms with Crippen LogP contribution in [0.5, 0.6) is 23.0 Å². The number of anilines is 2. The van der Waals surface area contributed by atoms with Gasteiger partial charge in [0, 0.05) is 37.6 Å². The van der Waals surface area contributed by atoms with E-state index in [2.05, 4.69) is 9.97 Å². The zero-order chi connectivity index (χ0) is 22.9. The molecular formula is C23H26ClN5O5. The summed E-state index contributed by atoms with van der Waals surface area (Å²) in [4.78, 5) is 26.0. The maximum atomic E-state index is 13.0. The maximum Gasteiger partial charge on any atom is 0.267 e. The molecule has 180 valence electrons. The molecule has 0 spiro atoms. The van der Waals surface area contributed by atoms with Gasteiger partial charge < -0.3 is 34.5 Å². The molecule has 1 amide bonds. The molecule has 2 N–H and O–H groups in total. The predicted molar refractivity (Wildman–Crippen MR) is 129 cm³/mol. The van der Waals surface area contributed by atoms with Crippen LogP contribution in [0.1, 0.15) is 0 Å². The highest BCUT2D eigenvalue weighted by Crippen LogP contribution is 2.34. The van der Waals surface area contributed by atoms with Gasteiger partial charge in [-0.05, 0) is 18.2 Å². The molecule has 1 atom stereocenters. The summed E-state index contributed by atoms with van der Waals surface area (Å²) < 4.78 is 22.3. The van der Waals surface area contributed by atoms with Crippen molar-refractivity contribution in [3.05, 3.63) is 36.4 Å². The third kappa shape index (κ3) is 4.28. The van der Waals surface area contributed by atoms with E-state index in [1.54, 1.807) is 37.3 Å². The molecule has 10 nitrogen and oxygen atoms in total. The Hall–Kier alpha value is -3.66. The van der Waals surface area contributed by atoms with Crippen LogP contribution in [0.4, 0.5) is 11.8 Å². The van der Waals surface area contributed by atoms with Crippen LogP contribution in [-0.2, 0) is 4.79 Å². The predicted octanol–water partition coefficient (Wildman–Crippen LogP) is 2.14. The smallest absolute Gasteiger partial charge is 0.267 e. The van der Waals surface area contributed by atoms with Crippen LogP contribution in [0.3, 0.4) is 0 Å². The van der Waals surface area contributed by atoms with E-state index >= 15 is 0 Å². The summed E-state index contributed by atoms with van der Waals surface area (Å²) >= 11 is 0. The lowest BCUT2D eigenvalue weighted by Gasteiger charge is -2.37. The number of piperazine rings is 1. The van der Waals surface area contributed by atoms with E-state index in [-0.39, 0.29) is 24.9 Å². The normalized spacial score (nSPS) is 17.2. The third-order valence-corrected chi connectivity index (χ3v) is 5.88. The number of nitrogens with two attached hydrogens (primary N) is 1. The second-order valence-corrected chi connectivity index (χ2v) is 7.81. The van der Waals surface area contributed by atoms with Crippen LogP contribution in [0.25, 0.3) is 10.9 Å². The van der Waals surface area contributed by atoms with Gasteiger partial charge in [-0.3, -0.25) is 4.79 Å². The van der Waals surface area contributed by atoms with Gasteiger partial charge in [-0.2, -0.15) is 4.98 Å². The molecule has 2 aromatic carbocycles. The third-order valence-electron chi connectivity index (χ3n) is 5.88. The molecule has 0 radical (unpaired) electrons. The van der Waals surface area contributed by atoms with Crippen molar-refractivity contribution in [3.8, 4) is 23.0 Å². The molecule has 1 aromatic heterocycles. The molecular weight excluding hydrogens is 462 g/mol. The van der Waals surface area contributed by atoms with Crippen LogP contribution in [0.15, 0.2) is 36.4 Å². The largest absolute Gasteiger partial charge is 0.493 e. The average Bonchev–Trinajstić information content (AvgIpc) is 2.87. The van der Waals surface area contributed by atoms with Crippen molar-refractivity contribution in [3.63, 3.8) is 0 Å². The van der Waals surface area contributed by atoms with Crippen LogP contribution in [0, 0.1) is 0 Å². The average molecular weight is 488 g/mol. The highest BCUT2D eigenvalue weighted by Gasteiger charge is 2.33. The number of carbonyl (C=O) groups excluding carboxylic acids is 1. The summed E-state index contributed by atoms with van der Waals surface area (Å²) in [5, 5.41) is 0.694. The fraction of sp³-hybridized carbons (Fsp3) is 0.348. The number of nitrogen functional groups attached to an aromatic ring is 1. The molecule has 3 heterocycles. The van der Waals surface area contributed by atoms with E-state index < -0.39 is 6.10 Å². The lowest BCUT2D eigenvalue weighted by molar-refractivity contribution is -0.141. The number of para-hydroxylation sites is 2. The van der Waals surface area contributed by atoms with Crippen molar-refractivity contribution < 1.29 is 23.7 Å². The molecule has 1 saturated heterocycles. The van der Waals surface area contributed by atoms with Crippen molar-refractivity contribution in [2.75, 3.05) is 57.6 Å². The van der Waals surface area contributed by atoms with Crippen molar-refractivity contribution >= 4 is 41.0 Å². The Morgan fingerprint density at radius 3 is 2.41 bits per heavy atom. The van der Waals surface area contributed by atoms with Crippen molar-refractivity contribution in [1.82, 2.24) is 14.9 Å². The Balaban J connectivity index is 0.00000274. The number of hydrogen-bond donors (Lipinski definition) is 1. The quantitative estimate of drug-likeness (QED) is 0.591. The minimum atomic E-state index is -0.651. The Morgan fingerprint density at radius 2 is 1.71 bits per heavy atom. The van der Waals surface area contributed by atoms with Gasteiger partial charge in [0.05, 0.1) is 19.7 Å². The summed E-state index contributed by atoms with van der Waals surface area (Å²) in [5.41, 5.74) is 6.89. The summed E-state index contributed by atoms with van der Waals surface area (Å²) in [5.74, 6) is 3.18. The highest BCUT2D eigenvalue weighted by atomic mass is 35.5. The Morgan fingerprint density at radius 1 is 1.03 bits per heavy atom. The van der Waals surface area contributed by atoms with Gasteiger partial charge in [0.1, 0.15) is 12.4 Å². The molecule has 2 aliphatic rings. The van der Waals surface area contributed by atoms with Gasteiger partial charge in [0.2, 0.25) is 12.1 Å². The summed E-state index contributed by atoms with van der Waals surface area (Å²) in [7, 11) is 3.14. The molecule has 0 bridgehead atoms. The lowest BCUT2D eigenvalue weighted by atomic mass is 10.2. The number of fused-ring (bicyclic) bond motifs is 2. The van der Waals surface area contributed by atoms with Crippen LogP contribution in [-0.4, -0.2) is 73.9 Å². The number of benzene rings is 2. The molecule has 3 aromatic rings. The molecule has 5 rings (SSSR count). The van der Waals surface area contributed by atoms with Gasteiger partial charge in [-0.15, -0.1) is 12.4 Å². The first-order valence-electron chi connectivity index (χ1n) is 10.7. The first-order chi connectivity index (χ1) is 16.1. The first kappa shape index (κ1) is 23.5. The first-order valence-corrected chi connectivity index (χ1v) is 10.7. The SMILES string of the molecule is COc1cc2nc(N3CCN(C(=O)[C@@H]4COc5ccccc5O4)CC3)nc(N)c2cc1OC.Cl.